The summed E-state index contributed by atoms with van der Waals surface area (Å²) in [5.41, 5.74) is 8.40. The highest BCUT2D eigenvalue weighted by Crippen LogP contribution is 2.37. The molecule has 0 bridgehead atoms. The van der Waals surface area contributed by atoms with Crippen molar-refractivity contribution in [2.24, 2.45) is 5.73 Å². The Morgan fingerprint density at radius 2 is 1.79 bits per heavy atom. The monoisotopic (exact) mass is 402 g/mol. The van der Waals surface area contributed by atoms with Crippen LogP contribution >= 0.6 is 0 Å². The lowest BCUT2D eigenvalue weighted by molar-refractivity contribution is -0.192. The molecule has 1 aromatic rings. The van der Waals surface area contributed by atoms with Crippen LogP contribution in [-0.4, -0.2) is 53.8 Å². The van der Waals surface area contributed by atoms with Crippen LogP contribution in [0.25, 0.3) is 0 Å². The van der Waals surface area contributed by atoms with Gasteiger partial charge in [0, 0.05) is 37.1 Å². The molecule has 9 heteroatoms. The van der Waals surface area contributed by atoms with Crippen molar-refractivity contribution in [2.45, 2.75) is 51.7 Å². The first-order valence-electron chi connectivity index (χ1n) is 9.34. The summed E-state index contributed by atoms with van der Waals surface area (Å²) in [5, 5.41) is 9.78. The zero-order valence-corrected chi connectivity index (χ0v) is 16.1. The number of carbonyl (C=O) groups excluding carboxylic acids is 1. The molecule has 0 aliphatic carbocycles. The number of carboxylic acids is 1. The molecule has 2 fully saturated rings. The second kappa shape index (κ2) is 8.48. The number of rotatable bonds is 3. The maximum absolute atomic E-state index is 11.4. The topological polar surface area (TPSA) is 83.6 Å². The van der Waals surface area contributed by atoms with Crippen LogP contribution in [0.5, 0.6) is 0 Å². The van der Waals surface area contributed by atoms with E-state index < -0.39 is 12.1 Å². The number of carbonyl (C=O) groups is 2. The Labute approximate surface area is 162 Å². The highest BCUT2D eigenvalue weighted by molar-refractivity contribution is 5.94. The summed E-state index contributed by atoms with van der Waals surface area (Å²) in [4.78, 5) is 20.3. The Kier molecular flexibility index (Phi) is 6.71. The molecule has 0 saturated carbocycles. The number of carboxylic acid groups (broad SMARTS) is 1. The minimum atomic E-state index is -5.08. The van der Waals surface area contributed by atoms with Gasteiger partial charge < -0.3 is 10.8 Å². The van der Waals surface area contributed by atoms with Crippen molar-refractivity contribution in [1.82, 2.24) is 9.60 Å². The van der Waals surface area contributed by atoms with E-state index in [9.17, 15) is 18.0 Å². The van der Waals surface area contributed by atoms with Gasteiger partial charge in [-0.3, -0.25) is 4.79 Å². The third-order valence-electron chi connectivity index (χ3n) is 5.51. The molecule has 156 valence electrons. The third kappa shape index (κ3) is 4.64. The average Bonchev–Trinajstić information content (AvgIpc) is 3.23. The summed E-state index contributed by atoms with van der Waals surface area (Å²) in [6.07, 6.45) is 0.0531. The number of hydrogen-bond acceptors (Lipinski definition) is 3. The summed E-state index contributed by atoms with van der Waals surface area (Å²) < 4.78 is 32.7. The lowest BCUT2D eigenvalue weighted by Crippen LogP contribution is -2.61. The molecule has 1 atom stereocenters. The minimum absolute atomic E-state index is 0.332. The number of amides is 1. The molecule has 0 radical (unpaired) electrons. The fourth-order valence-corrected chi connectivity index (χ4v) is 4.19. The van der Waals surface area contributed by atoms with Crippen molar-refractivity contribution >= 4 is 17.6 Å². The van der Waals surface area contributed by atoms with Crippen LogP contribution in [0.4, 0.5) is 18.9 Å². The molecule has 0 unspecified atom stereocenters. The van der Waals surface area contributed by atoms with Crippen molar-refractivity contribution in [3.05, 3.63) is 29.3 Å². The van der Waals surface area contributed by atoms with E-state index in [-0.39, 0.29) is 5.91 Å². The Bertz CT molecular complexity index is 731. The number of primary amides is 1. The maximum atomic E-state index is 11.4. The number of alkyl halides is 3. The fraction of sp³-hybridized carbons (Fsp3) is 0.579. The number of nitrogens with two attached hydrogens (primary N) is 1. The number of quaternary nitrogens is 1. The second-order valence-electron chi connectivity index (χ2n) is 7.40. The van der Waals surface area contributed by atoms with Crippen LogP contribution in [-0.2, 0) is 4.79 Å². The van der Waals surface area contributed by atoms with E-state index in [1.807, 2.05) is 13.0 Å². The summed E-state index contributed by atoms with van der Waals surface area (Å²) >= 11 is 0. The number of nitrogens with zero attached hydrogens (tertiary/aromatic N) is 2. The first-order chi connectivity index (χ1) is 13.0. The average molecular weight is 402 g/mol. The lowest BCUT2D eigenvalue weighted by atomic mass is 10.1. The standard InChI is InChI=1S/C17H25N3O.C2HF3O2/c1-13-12-15(7-8-16(13)17(18)21)20(10-3-4-11-20)19-9-5-6-14(19)2;3-2(4,5)1(6)7/h7-8,12,14H,3-6,9-11H2,1-2H3,(H-,18,21);(H,6,7)/p+1/t14-;/m0./s1. The number of benzene rings is 1. The van der Waals surface area contributed by atoms with E-state index in [1.165, 1.54) is 51.0 Å². The first-order valence-corrected chi connectivity index (χ1v) is 9.34. The molecule has 2 heterocycles. The molecule has 2 aliphatic heterocycles. The number of hydrogen-bond donors (Lipinski definition) is 2. The van der Waals surface area contributed by atoms with Crippen molar-refractivity contribution in [3.63, 3.8) is 0 Å². The van der Waals surface area contributed by atoms with Crippen molar-refractivity contribution in [3.8, 4) is 0 Å². The predicted molar refractivity (Wildman–Crippen MR) is 99.6 cm³/mol. The Morgan fingerprint density at radius 1 is 1.21 bits per heavy atom. The molecule has 1 aromatic carbocycles. The summed E-state index contributed by atoms with van der Waals surface area (Å²) in [5.74, 6) is -3.09. The van der Waals surface area contributed by atoms with Crippen LogP contribution in [0.15, 0.2) is 18.2 Å². The number of aliphatic carboxylic acids is 1. The molecule has 0 aromatic heterocycles. The maximum Gasteiger partial charge on any atom is 0.490 e. The van der Waals surface area contributed by atoms with Crippen molar-refractivity contribution < 1.29 is 27.9 Å². The minimum Gasteiger partial charge on any atom is -0.475 e. The summed E-state index contributed by atoms with van der Waals surface area (Å²) in [7, 11) is 0. The molecule has 3 N–H and O–H groups in total. The van der Waals surface area contributed by atoms with Gasteiger partial charge in [-0.15, -0.1) is 5.01 Å². The normalized spacial score (nSPS) is 21.8. The second-order valence-corrected chi connectivity index (χ2v) is 7.40. The molecule has 1 amide bonds. The predicted octanol–water partition coefficient (Wildman–Crippen LogP) is 3.23. The third-order valence-corrected chi connectivity index (χ3v) is 5.51. The van der Waals surface area contributed by atoms with Gasteiger partial charge in [0.05, 0.1) is 6.04 Å². The zero-order valence-electron chi connectivity index (χ0n) is 16.1. The molecule has 2 aliphatic rings. The molecule has 0 spiro atoms. The van der Waals surface area contributed by atoms with Gasteiger partial charge in [-0.25, -0.2) is 9.39 Å². The Morgan fingerprint density at radius 3 is 2.18 bits per heavy atom. The zero-order chi connectivity index (χ0) is 21.1. The lowest BCUT2D eigenvalue weighted by Gasteiger charge is -2.43. The molecular weight excluding hydrogens is 375 g/mol. The van der Waals surface area contributed by atoms with Gasteiger partial charge in [-0.1, -0.05) is 0 Å². The molecular formula is C19H27F3N3O3+. The van der Waals surface area contributed by atoms with Gasteiger partial charge >= 0.3 is 12.1 Å². The highest BCUT2D eigenvalue weighted by atomic mass is 19.4. The van der Waals surface area contributed by atoms with Crippen LogP contribution in [0.1, 0.15) is 48.5 Å². The van der Waals surface area contributed by atoms with E-state index in [0.717, 1.165) is 10.2 Å². The van der Waals surface area contributed by atoms with Crippen molar-refractivity contribution in [2.75, 3.05) is 19.6 Å². The van der Waals surface area contributed by atoms with E-state index in [1.54, 1.807) is 0 Å². The van der Waals surface area contributed by atoms with Crippen molar-refractivity contribution in [1.29, 1.82) is 0 Å². The molecule has 6 nitrogen and oxygen atoms in total. The van der Waals surface area contributed by atoms with Crippen LogP contribution in [0, 0.1) is 6.92 Å². The van der Waals surface area contributed by atoms with Gasteiger partial charge in [-0.05, 0) is 38.3 Å². The largest absolute Gasteiger partial charge is 0.490 e. The van der Waals surface area contributed by atoms with Crippen LogP contribution < -0.4 is 10.3 Å². The molecule has 28 heavy (non-hydrogen) atoms. The van der Waals surface area contributed by atoms with E-state index in [0.29, 0.717) is 11.6 Å². The Hall–Kier alpha value is -2.13. The fourth-order valence-electron chi connectivity index (χ4n) is 4.19. The van der Waals surface area contributed by atoms with Gasteiger partial charge in [0.25, 0.3) is 0 Å². The van der Waals surface area contributed by atoms with Gasteiger partial charge in [0.2, 0.25) is 5.91 Å². The Balaban J connectivity index is 0.000000345. The number of aryl methyl sites for hydroxylation is 1. The van der Waals surface area contributed by atoms with E-state index in [2.05, 4.69) is 24.1 Å². The first kappa shape index (κ1) is 22.2. The van der Waals surface area contributed by atoms with Crippen LogP contribution in [0.3, 0.4) is 0 Å². The SMILES string of the molecule is Cc1cc([N+]2(N3CCC[C@@H]3C)CCCC2)ccc1C(N)=O.O=C(O)C(F)(F)F. The number of halogens is 3. The van der Waals surface area contributed by atoms with E-state index >= 15 is 0 Å². The summed E-state index contributed by atoms with van der Waals surface area (Å²) in [6, 6.07) is 6.84. The molecule has 2 saturated heterocycles. The van der Waals surface area contributed by atoms with E-state index in [4.69, 9.17) is 15.6 Å². The smallest absolute Gasteiger partial charge is 0.475 e. The summed E-state index contributed by atoms with van der Waals surface area (Å²) in [6.45, 7) is 7.87. The van der Waals surface area contributed by atoms with Gasteiger partial charge in [0.15, 0.2) is 5.69 Å². The molecule has 3 rings (SSSR count). The van der Waals surface area contributed by atoms with Gasteiger partial charge in [0.1, 0.15) is 13.1 Å². The quantitative estimate of drug-likeness (QED) is 0.761. The highest BCUT2D eigenvalue weighted by Gasteiger charge is 2.45. The van der Waals surface area contributed by atoms with Gasteiger partial charge in [-0.2, -0.15) is 13.2 Å². The van der Waals surface area contributed by atoms with Crippen LogP contribution in [0.2, 0.25) is 0 Å².